The van der Waals surface area contributed by atoms with Crippen molar-refractivity contribution in [3.63, 3.8) is 0 Å². The summed E-state index contributed by atoms with van der Waals surface area (Å²) < 4.78 is 32.7. The Balaban J connectivity index is 1.78. The fourth-order valence-corrected chi connectivity index (χ4v) is 5.09. The molecule has 144 valence electrons. The van der Waals surface area contributed by atoms with Crippen LogP contribution in [-0.4, -0.2) is 87.0 Å². The lowest BCUT2D eigenvalue weighted by atomic mass is 10.2. The van der Waals surface area contributed by atoms with Crippen LogP contribution in [0.5, 0.6) is 0 Å². The Kier molecular flexibility index (Phi) is 5.96. The number of sulfonamides is 1. The van der Waals surface area contributed by atoms with Gasteiger partial charge in [0.2, 0.25) is 10.0 Å². The monoisotopic (exact) mass is 381 g/mol. The minimum Gasteiger partial charge on any atom is -0.378 e. The van der Waals surface area contributed by atoms with Crippen molar-refractivity contribution in [3.05, 3.63) is 29.8 Å². The number of hydrogen-bond acceptors (Lipinski definition) is 5. The maximum atomic E-state index is 13.0. The van der Waals surface area contributed by atoms with Crippen molar-refractivity contribution in [3.8, 4) is 0 Å². The van der Waals surface area contributed by atoms with Crippen LogP contribution in [0.25, 0.3) is 0 Å². The van der Waals surface area contributed by atoms with Crippen LogP contribution in [0, 0.1) is 0 Å². The summed E-state index contributed by atoms with van der Waals surface area (Å²) in [5.74, 6) is -0.104. The van der Waals surface area contributed by atoms with Gasteiger partial charge < -0.3 is 14.5 Å². The Hall–Kier alpha value is -1.48. The molecule has 0 aliphatic carbocycles. The number of nitrogens with zero attached hydrogens (tertiary/aromatic N) is 3. The van der Waals surface area contributed by atoms with E-state index in [-0.39, 0.29) is 16.8 Å². The van der Waals surface area contributed by atoms with Crippen LogP contribution in [0.3, 0.4) is 0 Å². The number of carbonyl (C=O) groups is 1. The van der Waals surface area contributed by atoms with Crippen LogP contribution < -0.4 is 0 Å². The molecule has 0 saturated carbocycles. The molecule has 1 aromatic rings. The molecule has 3 rings (SSSR count). The van der Waals surface area contributed by atoms with Crippen molar-refractivity contribution in [2.24, 2.45) is 0 Å². The molecule has 2 heterocycles. The number of morpholine rings is 1. The second-order valence-electron chi connectivity index (χ2n) is 6.79. The number of ether oxygens (including phenoxy) is 1. The summed E-state index contributed by atoms with van der Waals surface area (Å²) in [7, 11) is -3.64. The minimum atomic E-state index is -3.64. The molecule has 1 atom stereocenters. The minimum absolute atomic E-state index is 0.104. The summed E-state index contributed by atoms with van der Waals surface area (Å²) in [4.78, 5) is 17.1. The molecule has 2 aliphatic rings. The van der Waals surface area contributed by atoms with Crippen LogP contribution >= 0.6 is 0 Å². The van der Waals surface area contributed by atoms with Gasteiger partial charge in [0.25, 0.3) is 5.91 Å². The predicted molar refractivity (Wildman–Crippen MR) is 98.6 cm³/mol. The maximum Gasteiger partial charge on any atom is 0.253 e. The molecule has 2 aliphatic heterocycles. The Morgan fingerprint density at radius 1 is 1.19 bits per heavy atom. The molecule has 0 N–H and O–H groups in total. The van der Waals surface area contributed by atoms with Crippen molar-refractivity contribution in [1.82, 2.24) is 14.1 Å². The molecule has 0 bridgehead atoms. The molecule has 2 fully saturated rings. The Morgan fingerprint density at radius 2 is 1.92 bits per heavy atom. The van der Waals surface area contributed by atoms with E-state index in [1.807, 2.05) is 6.92 Å². The van der Waals surface area contributed by atoms with Crippen LogP contribution in [0.2, 0.25) is 0 Å². The number of benzene rings is 1. The number of amides is 1. The fourth-order valence-electron chi connectivity index (χ4n) is 3.44. The summed E-state index contributed by atoms with van der Waals surface area (Å²) in [5.41, 5.74) is 0.428. The van der Waals surface area contributed by atoms with E-state index in [9.17, 15) is 13.2 Å². The average Bonchev–Trinajstić information content (AvgIpc) is 2.68. The summed E-state index contributed by atoms with van der Waals surface area (Å²) in [6.45, 7) is 9.08. The van der Waals surface area contributed by atoms with E-state index in [1.54, 1.807) is 23.1 Å². The van der Waals surface area contributed by atoms with E-state index in [0.29, 0.717) is 38.4 Å². The predicted octanol–water partition coefficient (Wildman–Crippen LogP) is 0.874. The normalized spacial score (nSPS) is 23.2. The van der Waals surface area contributed by atoms with Gasteiger partial charge in [-0.1, -0.05) is 13.0 Å². The van der Waals surface area contributed by atoms with Gasteiger partial charge in [-0.15, -0.1) is 0 Å². The molecular formula is C18H27N3O4S. The van der Waals surface area contributed by atoms with E-state index >= 15 is 0 Å². The van der Waals surface area contributed by atoms with Crippen molar-refractivity contribution in [1.29, 1.82) is 0 Å². The van der Waals surface area contributed by atoms with Gasteiger partial charge in [0.05, 0.1) is 18.1 Å². The largest absolute Gasteiger partial charge is 0.378 e. The van der Waals surface area contributed by atoms with Crippen molar-refractivity contribution in [2.75, 3.05) is 52.5 Å². The highest BCUT2D eigenvalue weighted by Gasteiger charge is 2.32. The van der Waals surface area contributed by atoms with E-state index < -0.39 is 10.0 Å². The van der Waals surface area contributed by atoms with Crippen molar-refractivity contribution < 1.29 is 17.9 Å². The van der Waals surface area contributed by atoms with Crippen molar-refractivity contribution >= 4 is 15.9 Å². The highest BCUT2D eigenvalue weighted by Crippen LogP contribution is 2.22. The second kappa shape index (κ2) is 8.04. The van der Waals surface area contributed by atoms with Crippen LogP contribution in [0.1, 0.15) is 24.2 Å². The quantitative estimate of drug-likeness (QED) is 0.774. The Labute approximate surface area is 155 Å². The summed E-state index contributed by atoms with van der Waals surface area (Å²) in [5, 5.41) is 0. The number of hydrogen-bond donors (Lipinski definition) is 0. The fraction of sp³-hybridized carbons (Fsp3) is 0.611. The molecule has 26 heavy (non-hydrogen) atoms. The number of piperazine rings is 1. The Morgan fingerprint density at radius 3 is 2.58 bits per heavy atom. The van der Waals surface area contributed by atoms with Crippen molar-refractivity contribution in [2.45, 2.75) is 24.8 Å². The summed E-state index contributed by atoms with van der Waals surface area (Å²) in [6, 6.07) is 6.19. The smallest absolute Gasteiger partial charge is 0.253 e. The first-order valence-electron chi connectivity index (χ1n) is 9.14. The first kappa shape index (κ1) is 19.3. The van der Waals surface area contributed by atoms with Gasteiger partial charge in [-0.05, 0) is 31.7 Å². The molecule has 0 aromatic heterocycles. The second-order valence-corrected chi connectivity index (χ2v) is 8.68. The van der Waals surface area contributed by atoms with Gasteiger partial charge >= 0.3 is 0 Å². The lowest BCUT2D eigenvalue weighted by molar-refractivity contribution is 0.0392. The third-order valence-corrected chi connectivity index (χ3v) is 7.11. The molecule has 8 heteroatoms. The van der Waals surface area contributed by atoms with E-state index in [4.69, 9.17) is 4.74 Å². The van der Waals surface area contributed by atoms with Crippen LogP contribution in [-0.2, 0) is 14.8 Å². The zero-order chi connectivity index (χ0) is 18.7. The van der Waals surface area contributed by atoms with E-state index in [2.05, 4.69) is 11.8 Å². The molecule has 1 aromatic carbocycles. The number of rotatable bonds is 4. The first-order chi connectivity index (χ1) is 12.4. The molecule has 1 amide bonds. The maximum absolute atomic E-state index is 13.0. The van der Waals surface area contributed by atoms with Gasteiger partial charge in [0.15, 0.2) is 0 Å². The highest BCUT2D eigenvalue weighted by atomic mass is 32.2. The molecule has 2 saturated heterocycles. The molecule has 0 radical (unpaired) electrons. The van der Waals surface area contributed by atoms with E-state index in [1.165, 1.54) is 10.4 Å². The molecule has 1 unspecified atom stereocenters. The lowest BCUT2D eigenvalue weighted by Gasteiger charge is -2.34. The SMILES string of the molecule is CCN1CCN(C(=O)c2cccc(S(=O)(=O)N3CCOCC3C)c2)CC1. The van der Waals surface area contributed by atoms with Gasteiger partial charge in [-0.2, -0.15) is 4.31 Å². The molecule has 0 spiro atoms. The van der Waals surface area contributed by atoms with Gasteiger partial charge in [-0.3, -0.25) is 4.79 Å². The highest BCUT2D eigenvalue weighted by molar-refractivity contribution is 7.89. The van der Waals surface area contributed by atoms with E-state index in [0.717, 1.165) is 19.6 Å². The molecular weight excluding hydrogens is 354 g/mol. The third kappa shape index (κ3) is 3.93. The Bertz CT molecular complexity index is 745. The number of carbonyl (C=O) groups excluding carboxylic acids is 1. The van der Waals surface area contributed by atoms with Crippen LogP contribution in [0.4, 0.5) is 0 Å². The zero-order valence-corrected chi connectivity index (χ0v) is 16.2. The topological polar surface area (TPSA) is 70.2 Å². The first-order valence-corrected chi connectivity index (χ1v) is 10.6. The lowest BCUT2D eigenvalue weighted by Crippen LogP contribution is -2.48. The zero-order valence-electron chi connectivity index (χ0n) is 15.4. The van der Waals surface area contributed by atoms with Gasteiger partial charge in [0.1, 0.15) is 0 Å². The van der Waals surface area contributed by atoms with Gasteiger partial charge in [0, 0.05) is 44.3 Å². The molecule has 7 nitrogen and oxygen atoms in total. The summed E-state index contributed by atoms with van der Waals surface area (Å²) in [6.07, 6.45) is 0. The average molecular weight is 381 g/mol. The standard InChI is InChI=1S/C18H27N3O4S/c1-3-19-7-9-20(10-8-19)18(22)16-5-4-6-17(13-16)26(23,24)21-11-12-25-14-15(21)2/h4-6,13,15H,3,7-12,14H2,1-2H3. The van der Waals surface area contributed by atoms with Crippen LogP contribution in [0.15, 0.2) is 29.2 Å². The number of likely N-dealkylation sites (N-methyl/N-ethyl adjacent to an activating group) is 1. The third-order valence-electron chi connectivity index (χ3n) is 5.10. The van der Waals surface area contributed by atoms with Gasteiger partial charge in [-0.25, -0.2) is 8.42 Å². The summed E-state index contributed by atoms with van der Waals surface area (Å²) >= 11 is 0.